The number of rotatable bonds is 6. The highest BCUT2D eigenvalue weighted by Crippen LogP contribution is 2.53. The zero-order chi connectivity index (χ0) is 52.7. The van der Waals surface area contributed by atoms with Crippen molar-refractivity contribution >= 4 is 96.2 Å². The predicted molar refractivity (Wildman–Crippen MR) is 328 cm³/mol. The standard InChI is InChI=1S/C72H62BN3O/c1-45-39-65-69-66(40-45)76(53-35-37-56-55-19-13-15-21-59(55)72(8,9)60(56)41-53)64-44-68-58(57-20-14-16-22-67(57)77-68)43-62(64)73(69)61-38-36-54(42-63(61)75(65)52-29-23-47(24-30-52)46-17-11-10-12-18-46)74(50-31-25-48(26-32-50)70(2,3)4)51-33-27-49(28-34-51)71(5,6)7/h10-44H,1-9H3. The molecule has 0 atom stereocenters. The van der Waals surface area contributed by atoms with Crippen LogP contribution in [0.4, 0.5) is 51.2 Å². The highest BCUT2D eigenvalue weighted by Gasteiger charge is 2.45. The van der Waals surface area contributed by atoms with Crippen molar-refractivity contribution < 1.29 is 4.42 Å². The zero-order valence-corrected chi connectivity index (χ0v) is 45.5. The van der Waals surface area contributed by atoms with Crippen molar-refractivity contribution in [3.63, 3.8) is 0 Å². The van der Waals surface area contributed by atoms with Gasteiger partial charge in [-0.1, -0.05) is 183 Å². The number of hydrogen-bond acceptors (Lipinski definition) is 4. The first-order chi connectivity index (χ1) is 37.1. The second-order valence-corrected chi connectivity index (χ2v) is 24.3. The first-order valence-electron chi connectivity index (χ1n) is 27.4. The van der Waals surface area contributed by atoms with Crippen LogP contribution in [0.3, 0.4) is 0 Å². The number of furan rings is 1. The third-order valence-electron chi connectivity index (χ3n) is 17.0. The van der Waals surface area contributed by atoms with E-state index in [1.165, 1.54) is 77.8 Å². The van der Waals surface area contributed by atoms with Gasteiger partial charge in [0.15, 0.2) is 0 Å². The first-order valence-corrected chi connectivity index (χ1v) is 27.4. The van der Waals surface area contributed by atoms with Gasteiger partial charge >= 0.3 is 0 Å². The normalized spacial score (nSPS) is 14.1. The van der Waals surface area contributed by atoms with Crippen molar-refractivity contribution in [3.05, 3.63) is 240 Å². The third kappa shape index (κ3) is 7.42. The molecule has 3 aliphatic rings. The van der Waals surface area contributed by atoms with Gasteiger partial charge in [-0.3, -0.25) is 0 Å². The van der Waals surface area contributed by atoms with Gasteiger partial charge in [0.1, 0.15) is 11.2 Å². The lowest BCUT2D eigenvalue weighted by Crippen LogP contribution is -2.61. The van der Waals surface area contributed by atoms with Crippen LogP contribution in [0.15, 0.2) is 217 Å². The maximum atomic E-state index is 6.79. The van der Waals surface area contributed by atoms with E-state index in [1.54, 1.807) is 0 Å². The van der Waals surface area contributed by atoms with Gasteiger partial charge in [-0.15, -0.1) is 0 Å². The Kier molecular flexibility index (Phi) is 10.4. The van der Waals surface area contributed by atoms with Crippen molar-refractivity contribution in [1.29, 1.82) is 0 Å². The molecule has 0 radical (unpaired) electrons. The molecule has 0 bridgehead atoms. The molecular formula is C72H62BN3O. The van der Waals surface area contributed by atoms with Gasteiger partial charge < -0.3 is 19.1 Å². The number of aryl methyl sites for hydroxylation is 1. The minimum atomic E-state index is -0.172. The minimum Gasteiger partial charge on any atom is -0.456 e. The summed E-state index contributed by atoms with van der Waals surface area (Å²) in [7, 11) is 0. The topological polar surface area (TPSA) is 22.9 Å². The smallest absolute Gasteiger partial charge is 0.252 e. The molecule has 0 unspecified atom stereocenters. The van der Waals surface area contributed by atoms with Gasteiger partial charge in [0.2, 0.25) is 0 Å². The fraction of sp³-hybridized carbons (Fsp3) is 0.167. The number of fused-ring (bicyclic) bond motifs is 10. The average Bonchev–Trinajstić information content (AvgIpc) is 4.06. The van der Waals surface area contributed by atoms with E-state index in [-0.39, 0.29) is 23.0 Å². The number of benzene rings is 10. The maximum Gasteiger partial charge on any atom is 0.252 e. The van der Waals surface area contributed by atoms with Gasteiger partial charge in [-0.25, -0.2) is 0 Å². The molecule has 0 spiro atoms. The Morgan fingerprint density at radius 3 is 1.66 bits per heavy atom. The number of anilines is 9. The molecule has 10 aromatic carbocycles. The van der Waals surface area contributed by atoms with Crippen LogP contribution in [0.2, 0.25) is 0 Å². The highest BCUT2D eigenvalue weighted by atomic mass is 16.3. The third-order valence-corrected chi connectivity index (χ3v) is 17.0. The summed E-state index contributed by atoms with van der Waals surface area (Å²) in [4.78, 5) is 7.54. The average molecular weight is 996 g/mol. The van der Waals surface area contributed by atoms with Crippen LogP contribution in [0.5, 0.6) is 0 Å². The summed E-state index contributed by atoms with van der Waals surface area (Å²) in [5, 5.41) is 2.25. The molecule has 2 aliphatic heterocycles. The SMILES string of the molecule is Cc1cc2c3c(c1)N(c1ccc4c(c1)C(C)(C)c1ccccc1-4)c1cc4oc5ccccc5c4cc1B3c1ccc(N(c3ccc(C(C)(C)C)cc3)c3ccc(C(C)(C)C)cc3)cc1N2c1ccc(-c2ccccc2)cc1. The summed E-state index contributed by atoms with van der Waals surface area (Å²) in [6, 6.07) is 79.8. The Morgan fingerprint density at radius 2 is 0.987 bits per heavy atom. The molecule has 0 saturated carbocycles. The fourth-order valence-corrected chi connectivity index (χ4v) is 13.0. The van der Waals surface area contributed by atoms with Crippen LogP contribution in [0, 0.1) is 6.92 Å². The van der Waals surface area contributed by atoms with E-state index in [9.17, 15) is 0 Å². The van der Waals surface area contributed by atoms with Gasteiger partial charge in [0, 0.05) is 73.4 Å². The van der Waals surface area contributed by atoms with Crippen LogP contribution >= 0.6 is 0 Å². The van der Waals surface area contributed by atoms with Crippen LogP contribution in [-0.4, -0.2) is 6.71 Å². The monoisotopic (exact) mass is 995 g/mol. The molecule has 0 fully saturated rings. The summed E-state index contributed by atoms with van der Waals surface area (Å²) >= 11 is 0. The predicted octanol–water partition coefficient (Wildman–Crippen LogP) is 18.0. The summed E-state index contributed by atoms with van der Waals surface area (Å²) in [5.74, 6) is 0. The molecule has 3 heterocycles. The number of hydrogen-bond donors (Lipinski definition) is 0. The molecule has 5 heteroatoms. The Bertz CT molecular complexity index is 4100. The highest BCUT2D eigenvalue weighted by molar-refractivity contribution is 7.00. The lowest BCUT2D eigenvalue weighted by atomic mass is 9.33. The summed E-state index contributed by atoms with van der Waals surface area (Å²) in [5.41, 5.74) is 27.2. The molecule has 11 aromatic rings. The van der Waals surface area contributed by atoms with Crippen LogP contribution < -0.4 is 31.1 Å². The van der Waals surface area contributed by atoms with E-state index in [4.69, 9.17) is 4.42 Å². The molecule has 77 heavy (non-hydrogen) atoms. The quantitative estimate of drug-likeness (QED) is 0.155. The Morgan fingerprint density at radius 1 is 0.429 bits per heavy atom. The summed E-state index contributed by atoms with van der Waals surface area (Å²) in [6.07, 6.45) is 0. The molecule has 14 rings (SSSR count). The molecular weight excluding hydrogens is 934 g/mol. The Hall–Kier alpha value is -8.54. The maximum absolute atomic E-state index is 6.79. The second kappa shape index (κ2) is 17.0. The van der Waals surface area contributed by atoms with Crippen molar-refractivity contribution in [2.24, 2.45) is 0 Å². The van der Waals surface area contributed by atoms with Crippen molar-refractivity contribution in [2.45, 2.75) is 78.6 Å². The molecule has 1 aliphatic carbocycles. The summed E-state index contributed by atoms with van der Waals surface area (Å²) in [6.45, 7) is 20.6. The summed E-state index contributed by atoms with van der Waals surface area (Å²) < 4.78 is 6.79. The van der Waals surface area contributed by atoms with E-state index in [2.05, 4.69) is 289 Å². The molecule has 0 N–H and O–H groups in total. The fourth-order valence-electron chi connectivity index (χ4n) is 13.0. The van der Waals surface area contributed by atoms with Crippen molar-refractivity contribution in [2.75, 3.05) is 14.7 Å². The number of para-hydroxylation sites is 1. The molecule has 1 aromatic heterocycles. The Balaban J connectivity index is 1.03. The van der Waals surface area contributed by atoms with Crippen molar-refractivity contribution in [1.82, 2.24) is 0 Å². The zero-order valence-electron chi connectivity index (χ0n) is 45.5. The van der Waals surface area contributed by atoms with Crippen LogP contribution in [0.25, 0.3) is 44.2 Å². The lowest BCUT2D eigenvalue weighted by molar-refractivity contribution is 0.590. The molecule has 374 valence electrons. The van der Waals surface area contributed by atoms with Crippen LogP contribution in [0.1, 0.15) is 83.2 Å². The molecule has 0 saturated heterocycles. The van der Waals surface area contributed by atoms with Gasteiger partial charge in [0.05, 0.1) is 0 Å². The van der Waals surface area contributed by atoms with E-state index in [0.717, 1.165) is 61.8 Å². The van der Waals surface area contributed by atoms with Gasteiger partial charge in [0.25, 0.3) is 6.71 Å². The van der Waals surface area contributed by atoms with E-state index in [0.29, 0.717) is 0 Å². The van der Waals surface area contributed by atoms with Crippen LogP contribution in [-0.2, 0) is 16.2 Å². The minimum absolute atomic E-state index is 0.0215. The van der Waals surface area contributed by atoms with Gasteiger partial charge in [-0.2, -0.15) is 0 Å². The second-order valence-electron chi connectivity index (χ2n) is 24.3. The van der Waals surface area contributed by atoms with E-state index < -0.39 is 0 Å². The largest absolute Gasteiger partial charge is 0.456 e. The first kappa shape index (κ1) is 47.0. The van der Waals surface area contributed by atoms with E-state index in [1.807, 2.05) is 0 Å². The van der Waals surface area contributed by atoms with Gasteiger partial charge in [-0.05, 0) is 163 Å². The van der Waals surface area contributed by atoms with Crippen molar-refractivity contribution in [3.8, 4) is 22.3 Å². The van der Waals surface area contributed by atoms with E-state index >= 15 is 0 Å². The molecule has 0 amide bonds. The molecule has 4 nitrogen and oxygen atoms in total. The Labute approximate surface area is 454 Å². The lowest BCUT2D eigenvalue weighted by Gasteiger charge is -2.45. The number of nitrogens with zero attached hydrogens (tertiary/aromatic N) is 3.